The predicted molar refractivity (Wildman–Crippen MR) is 129 cm³/mol. The molecule has 0 saturated heterocycles. The summed E-state index contributed by atoms with van der Waals surface area (Å²) in [6, 6.07) is 18.9. The van der Waals surface area contributed by atoms with Gasteiger partial charge in [-0.2, -0.15) is 0 Å². The number of benzene rings is 3. The van der Waals surface area contributed by atoms with E-state index in [4.69, 9.17) is 14.2 Å². The van der Waals surface area contributed by atoms with Gasteiger partial charge in [0.2, 0.25) is 0 Å². The molecular weight excluding hydrogens is 457 g/mol. The lowest BCUT2D eigenvalue weighted by atomic mass is 10.1. The van der Waals surface area contributed by atoms with Crippen molar-refractivity contribution in [1.29, 1.82) is 0 Å². The van der Waals surface area contributed by atoms with Crippen LogP contribution >= 0.6 is 11.3 Å². The second-order valence-electron chi connectivity index (χ2n) is 7.46. The number of rotatable bonds is 9. The van der Waals surface area contributed by atoms with Crippen LogP contribution in [-0.4, -0.2) is 31.8 Å². The summed E-state index contributed by atoms with van der Waals surface area (Å²) < 4.78 is 31.7. The Morgan fingerprint density at radius 1 is 1.03 bits per heavy atom. The van der Waals surface area contributed by atoms with Crippen molar-refractivity contribution in [3.05, 3.63) is 88.6 Å². The highest BCUT2D eigenvalue weighted by molar-refractivity contribution is 7.21. The molecule has 2 N–H and O–H groups in total. The molecule has 0 aliphatic heterocycles. The molecule has 6 nitrogen and oxygen atoms in total. The molecule has 1 amide bonds. The van der Waals surface area contributed by atoms with Gasteiger partial charge < -0.3 is 24.6 Å². The molecule has 0 bridgehead atoms. The van der Waals surface area contributed by atoms with E-state index in [-0.39, 0.29) is 13.2 Å². The Balaban J connectivity index is 1.57. The SMILES string of the molecule is COc1ccc(OC)c(C(O)CNC(=O)c2sc3cccc(F)c3c2COc2ccccc2)c1. The molecule has 0 radical (unpaired) electrons. The summed E-state index contributed by atoms with van der Waals surface area (Å²) in [5.74, 6) is 0.809. The van der Waals surface area contributed by atoms with Gasteiger partial charge in [-0.3, -0.25) is 4.79 Å². The molecule has 1 atom stereocenters. The van der Waals surface area contributed by atoms with Crippen LogP contribution in [0.2, 0.25) is 0 Å². The molecule has 8 heteroatoms. The lowest BCUT2D eigenvalue weighted by Gasteiger charge is -2.16. The van der Waals surface area contributed by atoms with E-state index in [2.05, 4.69) is 5.32 Å². The van der Waals surface area contributed by atoms with E-state index >= 15 is 0 Å². The van der Waals surface area contributed by atoms with E-state index in [9.17, 15) is 14.3 Å². The van der Waals surface area contributed by atoms with E-state index < -0.39 is 17.8 Å². The number of ether oxygens (including phenoxy) is 3. The van der Waals surface area contributed by atoms with E-state index in [0.29, 0.717) is 43.3 Å². The van der Waals surface area contributed by atoms with Gasteiger partial charge >= 0.3 is 0 Å². The number of aliphatic hydroxyl groups excluding tert-OH is 1. The lowest BCUT2D eigenvalue weighted by Crippen LogP contribution is -2.28. The van der Waals surface area contributed by atoms with E-state index in [1.165, 1.54) is 31.6 Å². The van der Waals surface area contributed by atoms with Crippen LogP contribution in [0.4, 0.5) is 4.39 Å². The smallest absolute Gasteiger partial charge is 0.261 e. The number of carbonyl (C=O) groups is 1. The van der Waals surface area contributed by atoms with Gasteiger partial charge in [-0.1, -0.05) is 24.3 Å². The lowest BCUT2D eigenvalue weighted by molar-refractivity contribution is 0.0916. The van der Waals surface area contributed by atoms with Gasteiger partial charge in [-0.05, 0) is 42.5 Å². The van der Waals surface area contributed by atoms with Gasteiger partial charge in [0.15, 0.2) is 0 Å². The Labute approximate surface area is 200 Å². The van der Waals surface area contributed by atoms with Crippen molar-refractivity contribution in [2.24, 2.45) is 0 Å². The van der Waals surface area contributed by atoms with Crippen LogP contribution in [0.5, 0.6) is 17.2 Å². The quantitative estimate of drug-likeness (QED) is 0.348. The van der Waals surface area contributed by atoms with E-state index in [1.54, 1.807) is 42.5 Å². The van der Waals surface area contributed by atoms with Crippen molar-refractivity contribution in [3.8, 4) is 17.2 Å². The minimum Gasteiger partial charge on any atom is -0.497 e. The summed E-state index contributed by atoms with van der Waals surface area (Å²) in [5, 5.41) is 13.8. The topological polar surface area (TPSA) is 77.0 Å². The van der Waals surface area contributed by atoms with Gasteiger partial charge in [0.25, 0.3) is 5.91 Å². The number of carbonyl (C=O) groups excluding carboxylic acids is 1. The zero-order chi connectivity index (χ0) is 24.1. The Morgan fingerprint density at radius 2 is 1.82 bits per heavy atom. The van der Waals surface area contributed by atoms with Crippen molar-refractivity contribution in [3.63, 3.8) is 0 Å². The van der Waals surface area contributed by atoms with Gasteiger partial charge in [0.1, 0.15) is 35.8 Å². The highest BCUT2D eigenvalue weighted by Crippen LogP contribution is 2.34. The summed E-state index contributed by atoms with van der Waals surface area (Å²) >= 11 is 1.18. The van der Waals surface area contributed by atoms with Gasteiger partial charge in [0, 0.05) is 27.8 Å². The maximum atomic E-state index is 14.7. The zero-order valence-electron chi connectivity index (χ0n) is 18.7. The van der Waals surface area contributed by atoms with Crippen LogP contribution in [0.3, 0.4) is 0 Å². The Hall–Kier alpha value is -3.62. The predicted octanol–water partition coefficient (Wildman–Crippen LogP) is 5.10. The minimum atomic E-state index is -1.04. The van der Waals surface area contributed by atoms with Crippen LogP contribution in [0.15, 0.2) is 66.7 Å². The number of halogens is 1. The summed E-state index contributed by atoms with van der Waals surface area (Å²) in [6.07, 6.45) is -1.04. The minimum absolute atomic E-state index is 0.0277. The highest BCUT2D eigenvalue weighted by atomic mass is 32.1. The maximum absolute atomic E-state index is 14.7. The third-order valence-corrected chi connectivity index (χ3v) is 6.54. The number of nitrogens with one attached hydrogen (secondary N) is 1. The first kappa shape index (κ1) is 23.5. The summed E-state index contributed by atoms with van der Waals surface area (Å²) in [7, 11) is 3.03. The molecule has 3 aromatic carbocycles. The average molecular weight is 482 g/mol. The molecule has 176 valence electrons. The Morgan fingerprint density at radius 3 is 2.56 bits per heavy atom. The van der Waals surface area contributed by atoms with Crippen LogP contribution in [0.1, 0.15) is 26.9 Å². The molecule has 34 heavy (non-hydrogen) atoms. The summed E-state index contributed by atoms with van der Waals surface area (Å²) in [4.78, 5) is 13.5. The highest BCUT2D eigenvalue weighted by Gasteiger charge is 2.23. The van der Waals surface area contributed by atoms with Crippen LogP contribution in [0, 0.1) is 5.82 Å². The first-order valence-electron chi connectivity index (χ1n) is 10.6. The van der Waals surface area contributed by atoms with Crippen molar-refractivity contribution in [2.45, 2.75) is 12.7 Å². The summed E-state index contributed by atoms with van der Waals surface area (Å²) in [5.41, 5.74) is 0.949. The molecule has 0 fully saturated rings. The zero-order valence-corrected chi connectivity index (χ0v) is 19.5. The van der Waals surface area contributed by atoms with Crippen molar-refractivity contribution >= 4 is 27.3 Å². The third-order valence-electron chi connectivity index (χ3n) is 5.35. The number of amides is 1. The Kier molecular flexibility index (Phi) is 7.30. The maximum Gasteiger partial charge on any atom is 0.261 e. The first-order chi connectivity index (χ1) is 16.5. The fraction of sp³-hybridized carbons (Fsp3) is 0.192. The van der Waals surface area contributed by atoms with Crippen LogP contribution in [0.25, 0.3) is 10.1 Å². The number of hydrogen-bond acceptors (Lipinski definition) is 6. The van der Waals surface area contributed by atoms with Crippen LogP contribution in [-0.2, 0) is 6.61 Å². The number of aliphatic hydroxyl groups is 1. The fourth-order valence-corrected chi connectivity index (χ4v) is 4.78. The molecule has 0 saturated carbocycles. The van der Waals surface area contributed by atoms with Gasteiger partial charge in [-0.25, -0.2) is 4.39 Å². The molecule has 0 aliphatic rings. The van der Waals surface area contributed by atoms with Crippen molar-refractivity contribution in [1.82, 2.24) is 5.32 Å². The van der Waals surface area contributed by atoms with Crippen molar-refractivity contribution in [2.75, 3.05) is 20.8 Å². The molecule has 1 unspecified atom stereocenters. The number of fused-ring (bicyclic) bond motifs is 1. The van der Waals surface area contributed by atoms with E-state index in [0.717, 1.165) is 0 Å². The molecule has 4 aromatic rings. The molecule has 0 aliphatic carbocycles. The first-order valence-corrected chi connectivity index (χ1v) is 11.4. The number of para-hydroxylation sites is 1. The number of methoxy groups -OCH3 is 2. The van der Waals surface area contributed by atoms with Crippen LogP contribution < -0.4 is 19.5 Å². The standard InChI is InChI=1S/C26H24FNO5S/c1-31-17-11-12-22(32-2)18(13-17)21(29)14-28-26(30)25-19(15-33-16-7-4-3-5-8-16)24-20(27)9-6-10-23(24)34-25/h3-13,21,29H,14-15H2,1-2H3,(H,28,30). The molecule has 1 heterocycles. The number of thiophene rings is 1. The van der Waals surface area contributed by atoms with E-state index in [1.807, 2.05) is 18.2 Å². The molecule has 0 spiro atoms. The second-order valence-corrected chi connectivity index (χ2v) is 8.51. The third kappa shape index (κ3) is 4.98. The average Bonchev–Trinajstić information content (AvgIpc) is 3.26. The van der Waals surface area contributed by atoms with Gasteiger partial charge in [0.05, 0.1) is 19.1 Å². The second kappa shape index (κ2) is 10.5. The Bertz CT molecular complexity index is 1290. The molecule has 1 aromatic heterocycles. The monoisotopic (exact) mass is 481 g/mol. The molecular formula is C26H24FNO5S. The number of hydrogen-bond donors (Lipinski definition) is 2. The fourth-order valence-electron chi connectivity index (χ4n) is 3.64. The van der Waals surface area contributed by atoms with Crippen molar-refractivity contribution < 1.29 is 28.5 Å². The van der Waals surface area contributed by atoms with Gasteiger partial charge in [-0.15, -0.1) is 11.3 Å². The molecule has 4 rings (SSSR count). The summed E-state index contributed by atoms with van der Waals surface area (Å²) in [6.45, 7) is -0.0436. The normalized spacial score (nSPS) is 11.8. The largest absolute Gasteiger partial charge is 0.497 e.